The summed E-state index contributed by atoms with van der Waals surface area (Å²) in [7, 11) is 1.58. The number of carbonyl (C=O) groups excluding carboxylic acids is 2. The van der Waals surface area contributed by atoms with E-state index in [0.29, 0.717) is 36.0 Å². The van der Waals surface area contributed by atoms with E-state index in [9.17, 15) is 9.59 Å². The van der Waals surface area contributed by atoms with Crippen molar-refractivity contribution in [1.29, 1.82) is 0 Å². The number of anilines is 1. The highest BCUT2D eigenvalue weighted by Crippen LogP contribution is 2.36. The van der Waals surface area contributed by atoms with Gasteiger partial charge in [-0.15, -0.1) is 0 Å². The normalized spacial score (nSPS) is 18.2. The fourth-order valence-corrected chi connectivity index (χ4v) is 3.92. The standard InChI is InChI=1S/C23H26N4O4/c1-15-7-8-16(2)18(12-15)27-21(28)19-13-17(20-6-5-10-31-20)25-26(19)14-23(27,3)22(29)24-9-11-30-4/h5-8,10,12-13H,9,11,14H2,1-4H3,(H,24,29)/t23-/m0/s1. The van der Waals surface area contributed by atoms with Gasteiger partial charge in [-0.1, -0.05) is 12.1 Å². The average Bonchev–Trinajstić information content (AvgIpc) is 3.40. The molecule has 4 rings (SSSR count). The number of hydrogen-bond acceptors (Lipinski definition) is 5. The molecule has 0 spiro atoms. The van der Waals surface area contributed by atoms with Gasteiger partial charge in [0.05, 0.1) is 19.4 Å². The summed E-state index contributed by atoms with van der Waals surface area (Å²) in [5.74, 6) is 0.0217. The van der Waals surface area contributed by atoms with Crippen molar-refractivity contribution in [3.63, 3.8) is 0 Å². The molecule has 0 radical (unpaired) electrons. The molecule has 162 valence electrons. The van der Waals surface area contributed by atoms with E-state index < -0.39 is 5.54 Å². The maximum absolute atomic E-state index is 13.7. The molecule has 0 aliphatic carbocycles. The number of hydrogen-bond donors (Lipinski definition) is 1. The smallest absolute Gasteiger partial charge is 0.277 e. The van der Waals surface area contributed by atoms with Crippen LogP contribution in [0.15, 0.2) is 47.1 Å². The van der Waals surface area contributed by atoms with E-state index in [1.165, 1.54) is 0 Å². The van der Waals surface area contributed by atoms with E-state index in [1.54, 1.807) is 48.1 Å². The minimum absolute atomic E-state index is 0.209. The Labute approximate surface area is 180 Å². The molecule has 1 aliphatic heterocycles. The zero-order valence-corrected chi connectivity index (χ0v) is 18.1. The third-order valence-electron chi connectivity index (χ3n) is 5.61. The minimum Gasteiger partial charge on any atom is -0.463 e. The second kappa shape index (κ2) is 8.03. The van der Waals surface area contributed by atoms with Gasteiger partial charge in [-0.2, -0.15) is 5.10 Å². The van der Waals surface area contributed by atoms with Gasteiger partial charge in [0.1, 0.15) is 16.9 Å². The number of fused-ring (bicyclic) bond motifs is 1. The molecule has 0 saturated heterocycles. The Morgan fingerprint density at radius 2 is 2.10 bits per heavy atom. The van der Waals surface area contributed by atoms with Crippen molar-refractivity contribution in [3.05, 3.63) is 59.5 Å². The van der Waals surface area contributed by atoms with Gasteiger partial charge in [-0.3, -0.25) is 19.2 Å². The minimum atomic E-state index is -1.18. The van der Waals surface area contributed by atoms with Gasteiger partial charge in [0.15, 0.2) is 5.76 Å². The van der Waals surface area contributed by atoms with Crippen molar-refractivity contribution in [2.24, 2.45) is 0 Å². The topological polar surface area (TPSA) is 89.6 Å². The number of rotatable bonds is 6. The second-order valence-corrected chi connectivity index (χ2v) is 8.00. The van der Waals surface area contributed by atoms with Crippen molar-refractivity contribution in [2.75, 3.05) is 25.2 Å². The van der Waals surface area contributed by atoms with Crippen molar-refractivity contribution in [2.45, 2.75) is 32.9 Å². The lowest BCUT2D eigenvalue weighted by Gasteiger charge is -2.43. The molecular weight excluding hydrogens is 396 g/mol. The number of carbonyl (C=O) groups is 2. The Morgan fingerprint density at radius 3 is 2.81 bits per heavy atom. The number of aromatic nitrogens is 2. The maximum Gasteiger partial charge on any atom is 0.277 e. The monoisotopic (exact) mass is 422 g/mol. The molecule has 0 fully saturated rings. The maximum atomic E-state index is 13.7. The van der Waals surface area contributed by atoms with Crippen LogP contribution in [-0.2, 0) is 16.1 Å². The molecule has 1 atom stereocenters. The molecule has 8 nitrogen and oxygen atoms in total. The first-order chi connectivity index (χ1) is 14.8. The van der Waals surface area contributed by atoms with E-state index in [2.05, 4.69) is 10.4 Å². The number of nitrogens with zero attached hydrogens (tertiary/aromatic N) is 3. The van der Waals surface area contributed by atoms with Crippen LogP contribution in [0.25, 0.3) is 11.5 Å². The molecule has 3 aromatic rings. The lowest BCUT2D eigenvalue weighted by molar-refractivity contribution is -0.126. The van der Waals surface area contributed by atoms with E-state index in [4.69, 9.17) is 9.15 Å². The number of methoxy groups -OCH3 is 1. The van der Waals surface area contributed by atoms with E-state index >= 15 is 0 Å². The van der Waals surface area contributed by atoms with Crippen LogP contribution in [0.5, 0.6) is 0 Å². The van der Waals surface area contributed by atoms with Gasteiger partial charge < -0.3 is 14.5 Å². The van der Waals surface area contributed by atoms with Crippen LogP contribution in [-0.4, -0.2) is 47.4 Å². The fourth-order valence-electron chi connectivity index (χ4n) is 3.92. The number of nitrogens with one attached hydrogen (secondary N) is 1. The van der Waals surface area contributed by atoms with Crippen LogP contribution in [0, 0.1) is 13.8 Å². The molecule has 1 aliphatic rings. The van der Waals surface area contributed by atoms with Gasteiger partial charge in [0.25, 0.3) is 5.91 Å². The molecule has 0 saturated carbocycles. The Morgan fingerprint density at radius 1 is 1.29 bits per heavy atom. The largest absolute Gasteiger partial charge is 0.463 e. The fraction of sp³-hybridized carbons (Fsp3) is 0.348. The summed E-state index contributed by atoms with van der Waals surface area (Å²) in [5.41, 5.74) is 2.41. The first-order valence-corrected chi connectivity index (χ1v) is 10.2. The molecule has 3 heterocycles. The Hall–Kier alpha value is -3.39. The molecule has 1 aromatic carbocycles. The predicted octanol–water partition coefficient (Wildman–Crippen LogP) is 2.94. The van der Waals surface area contributed by atoms with Crippen molar-refractivity contribution < 1.29 is 18.7 Å². The van der Waals surface area contributed by atoms with Crippen LogP contribution in [0.2, 0.25) is 0 Å². The lowest BCUT2D eigenvalue weighted by atomic mass is 9.92. The molecule has 8 heteroatoms. The summed E-state index contributed by atoms with van der Waals surface area (Å²) in [5, 5.41) is 7.45. The van der Waals surface area contributed by atoms with E-state index in [0.717, 1.165) is 11.1 Å². The van der Waals surface area contributed by atoms with Gasteiger partial charge in [0, 0.05) is 25.4 Å². The van der Waals surface area contributed by atoms with Crippen LogP contribution in [0.3, 0.4) is 0 Å². The lowest BCUT2D eigenvalue weighted by Crippen LogP contribution is -2.65. The van der Waals surface area contributed by atoms with Crippen molar-refractivity contribution in [1.82, 2.24) is 15.1 Å². The van der Waals surface area contributed by atoms with Gasteiger partial charge in [-0.05, 0) is 50.1 Å². The highest BCUT2D eigenvalue weighted by atomic mass is 16.5. The number of aryl methyl sites for hydroxylation is 2. The molecule has 0 unspecified atom stereocenters. The number of ether oxygens (including phenoxy) is 1. The summed E-state index contributed by atoms with van der Waals surface area (Å²) >= 11 is 0. The van der Waals surface area contributed by atoms with Crippen LogP contribution in [0.4, 0.5) is 5.69 Å². The highest BCUT2D eigenvalue weighted by Gasteiger charge is 2.49. The predicted molar refractivity (Wildman–Crippen MR) is 116 cm³/mol. The van der Waals surface area contributed by atoms with E-state index in [1.807, 2.05) is 32.0 Å². The van der Waals surface area contributed by atoms with Crippen LogP contribution in [0.1, 0.15) is 28.5 Å². The van der Waals surface area contributed by atoms with Crippen molar-refractivity contribution >= 4 is 17.5 Å². The summed E-state index contributed by atoms with van der Waals surface area (Å²) in [6.07, 6.45) is 1.56. The summed E-state index contributed by atoms with van der Waals surface area (Å²) < 4.78 is 12.1. The number of furan rings is 1. The number of benzene rings is 1. The third kappa shape index (κ3) is 3.63. The quantitative estimate of drug-likeness (QED) is 0.617. The Balaban J connectivity index is 1.82. The zero-order chi connectivity index (χ0) is 22.2. The Kier molecular flexibility index (Phi) is 5.41. The second-order valence-electron chi connectivity index (χ2n) is 8.00. The molecule has 31 heavy (non-hydrogen) atoms. The molecule has 1 N–H and O–H groups in total. The van der Waals surface area contributed by atoms with Gasteiger partial charge >= 0.3 is 0 Å². The molecule has 2 amide bonds. The zero-order valence-electron chi connectivity index (χ0n) is 18.1. The van der Waals surface area contributed by atoms with Crippen molar-refractivity contribution in [3.8, 4) is 11.5 Å². The van der Waals surface area contributed by atoms with Gasteiger partial charge in [0.2, 0.25) is 5.91 Å². The van der Waals surface area contributed by atoms with E-state index in [-0.39, 0.29) is 18.4 Å². The molecular formula is C23H26N4O4. The van der Waals surface area contributed by atoms with Gasteiger partial charge in [-0.25, -0.2) is 0 Å². The molecule has 2 aromatic heterocycles. The summed E-state index contributed by atoms with van der Waals surface area (Å²) in [6.45, 7) is 6.61. The molecule has 0 bridgehead atoms. The third-order valence-corrected chi connectivity index (χ3v) is 5.61. The first kappa shape index (κ1) is 20.9. The Bertz CT molecular complexity index is 1120. The average molecular weight is 422 g/mol. The summed E-state index contributed by atoms with van der Waals surface area (Å²) in [6, 6.07) is 11.2. The SMILES string of the molecule is COCCNC(=O)[C@]1(C)Cn2nc(-c3ccco3)cc2C(=O)N1c1cc(C)ccc1C. The highest BCUT2D eigenvalue weighted by molar-refractivity contribution is 6.12. The first-order valence-electron chi connectivity index (χ1n) is 10.2. The van der Waals surface area contributed by atoms with Crippen LogP contribution >= 0.6 is 0 Å². The van der Waals surface area contributed by atoms with Crippen LogP contribution < -0.4 is 10.2 Å². The summed E-state index contributed by atoms with van der Waals surface area (Å²) in [4.78, 5) is 28.7. The number of amides is 2.